The van der Waals surface area contributed by atoms with E-state index in [1.165, 1.54) is 6.20 Å². The van der Waals surface area contributed by atoms with Crippen LogP contribution in [0.15, 0.2) is 18.5 Å². The quantitative estimate of drug-likeness (QED) is 0.816. The molecule has 0 saturated carbocycles. The van der Waals surface area contributed by atoms with Crippen LogP contribution in [0.4, 0.5) is 0 Å². The van der Waals surface area contributed by atoms with E-state index in [0.717, 1.165) is 0 Å². The van der Waals surface area contributed by atoms with Crippen molar-refractivity contribution in [1.82, 2.24) is 19.6 Å². The van der Waals surface area contributed by atoms with E-state index in [4.69, 9.17) is 11.6 Å². The Hall–Kier alpha value is -1.34. The first-order chi connectivity index (χ1) is 9.46. The van der Waals surface area contributed by atoms with E-state index in [2.05, 4.69) is 10.2 Å². The van der Waals surface area contributed by atoms with Crippen molar-refractivity contribution in [2.75, 3.05) is 0 Å². The van der Waals surface area contributed by atoms with Crippen LogP contribution in [0, 0.1) is 0 Å². The summed E-state index contributed by atoms with van der Waals surface area (Å²) in [5.41, 5.74) is 1.22. The minimum absolute atomic E-state index is 0.0495. The van der Waals surface area contributed by atoms with Crippen LogP contribution in [0.25, 0.3) is 0 Å². The maximum absolute atomic E-state index is 12.3. The molecule has 20 heavy (non-hydrogen) atoms. The van der Waals surface area contributed by atoms with Gasteiger partial charge in [0.1, 0.15) is 0 Å². The molecule has 0 fully saturated rings. The molecule has 0 bridgehead atoms. The Bertz CT molecular complexity index is 690. The van der Waals surface area contributed by atoms with Crippen molar-refractivity contribution in [2.24, 2.45) is 0 Å². The molecular formula is C12H17ClN4O2S. The van der Waals surface area contributed by atoms with Gasteiger partial charge in [0, 0.05) is 19.3 Å². The zero-order valence-electron chi connectivity index (χ0n) is 11.5. The van der Waals surface area contributed by atoms with Crippen LogP contribution in [0.2, 0.25) is 5.02 Å². The molecule has 0 atom stereocenters. The molecule has 0 aromatic carbocycles. The standard InChI is InChI=1S/C12H17ClN4O2S/c1-3-16-10(5-6-14-16)8-20(18,19)9-12-11(13)7-15-17(12)4-2/h5-7H,3-4,8-9H2,1-2H3. The van der Waals surface area contributed by atoms with Gasteiger partial charge in [0.05, 0.1) is 34.1 Å². The summed E-state index contributed by atoms with van der Waals surface area (Å²) in [7, 11) is -3.32. The summed E-state index contributed by atoms with van der Waals surface area (Å²) in [6.45, 7) is 5.05. The van der Waals surface area contributed by atoms with Gasteiger partial charge in [-0.3, -0.25) is 9.36 Å². The Kier molecular flexibility index (Phi) is 4.49. The number of nitrogens with zero attached hydrogens (tertiary/aromatic N) is 4. The normalized spacial score (nSPS) is 11.9. The summed E-state index contributed by atoms with van der Waals surface area (Å²) in [5.74, 6) is -0.166. The van der Waals surface area contributed by atoms with Gasteiger partial charge in [-0.25, -0.2) is 8.42 Å². The van der Waals surface area contributed by atoms with Crippen molar-refractivity contribution in [2.45, 2.75) is 38.4 Å². The van der Waals surface area contributed by atoms with Crippen molar-refractivity contribution >= 4 is 21.4 Å². The molecule has 0 radical (unpaired) electrons. The lowest BCUT2D eigenvalue weighted by atomic mass is 10.5. The summed E-state index contributed by atoms with van der Waals surface area (Å²) in [6.07, 6.45) is 3.09. The third kappa shape index (κ3) is 3.21. The van der Waals surface area contributed by atoms with E-state index in [1.807, 2.05) is 13.8 Å². The highest BCUT2D eigenvalue weighted by Crippen LogP contribution is 2.20. The monoisotopic (exact) mass is 316 g/mol. The molecule has 0 saturated heterocycles. The fourth-order valence-corrected chi connectivity index (χ4v) is 3.86. The van der Waals surface area contributed by atoms with Crippen molar-refractivity contribution in [3.63, 3.8) is 0 Å². The zero-order chi connectivity index (χ0) is 14.8. The Morgan fingerprint density at radius 3 is 2.50 bits per heavy atom. The molecular weight excluding hydrogens is 300 g/mol. The van der Waals surface area contributed by atoms with Crippen LogP contribution in [0.1, 0.15) is 25.2 Å². The van der Waals surface area contributed by atoms with Crippen LogP contribution < -0.4 is 0 Å². The highest BCUT2D eigenvalue weighted by atomic mass is 35.5. The minimum Gasteiger partial charge on any atom is -0.269 e. The first kappa shape index (κ1) is 15.1. The molecule has 0 N–H and O–H groups in total. The van der Waals surface area contributed by atoms with E-state index >= 15 is 0 Å². The SMILES string of the molecule is CCn1nccc1CS(=O)(=O)Cc1c(Cl)cnn1CC. The van der Waals surface area contributed by atoms with Crippen LogP contribution in [-0.4, -0.2) is 28.0 Å². The maximum atomic E-state index is 12.3. The zero-order valence-corrected chi connectivity index (χ0v) is 13.0. The average Bonchev–Trinajstić information content (AvgIpc) is 2.96. The predicted molar refractivity (Wildman–Crippen MR) is 77.1 cm³/mol. The average molecular weight is 317 g/mol. The lowest BCUT2D eigenvalue weighted by Gasteiger charge is -2.08. The molecule has 2 aromatic heterocycles. The number of halogens is 1. The summed E-state index contributed by atoms with van der Waals surface area (Å²) in [4.78, 5) is 0. The van der Waals surface area contributed by atoms with Crippen molar-refractivity contribution in [1.29, 1.82) is 0 Å². The molecule has 110 valence electrons. The molecule has 0 aliphatic rings. The van der Waals surface area contributed by atoms with E-state index in [0.29, 0.717) is 29.5 Å². The number of rotatable bonds is 6. The molecule has 6 nitrogen and oxygen atoms in total. The molecule has 0 aliphatic heterocycles. The Morgan fingerprint density at radius 1 is 1.15 bits per heavy atom. The minimum atomic E-state index is -3.32. The van der Waals surface area contributed by atoms with Crippen molar-refractivity contribution in [3.8, 4) is 0 Å². The number of hydrogen-bond donors (Lipinski definition) is 0. The van der Waals surface area contributed by atoms with Gasteiger partial charge >= 0.3 is 0 Å². The third-order valence-corrected chi connectivity index (χ3v) is 4.79. The van der Waals surface area contributed by atoms with Gasteiger partial charge in [0.2, 0.25) is 0 Å². The van der Waals surface area contributed by atoms with Gasteiger partial charge in [-0.05, 0) is 19.9 Å². The van der Waals surface area contributed by atoms with Crippen LogP contribution in [-0.2, 0) is 34.4 Å². The van der Waals surface area contributed by atoms with Crippen LogP contribution in [0.3, 0.4) is 0 Å². The highest BCUT2D eigenvalue weighted by molar-refractivity contribution is 7.89. The summed E-state index contributed by atoms with van der Waals surface area (Å²) in [6, 6.07) is 1.72. The number of aryl methyl sites for hydroxylation is 2. The van der Waals surface area contributed by atoms with Crippen LogP contribution in [0.5, 0.6) is 0 Å². The smallest absolute Gasteiger partial charge is 0.161 e. The van der Waals surface area contributed by atoms with Crippen molar-refractivity contribution in [3.05, 3.63) is 34.9 Å². The van der Waals surface area contributed by atoms with Crippen molar-refractivity contribution < 1.29 is 8.42 Å². The van der Waals surface area contributed by atoms with Crippen LogP contribution >= 0.6 is 11.6 Å². The number of hydrogen-bond acceptors (Lipinski definition) is 4. The van der Waals surface area contributed by atoms with Gasteiger partial charge in [0.15, 0.2) is 9.84 Å². The molecule has 0 amide bonds. The van der Waals surface area contributed by atoms with Gasteiger partial charge in [0.25, 0.3) is 0 Å². The maximum Gasteiger partial charge on any atom is 0.161 e. The van der Waals surface area contributed by atoms with Gasteiger partial charge < -0.3 is 0 Å². The predicted octanol–water partition coefficient (Wildman–Crippen LogP) is 1.89. The van der Waals surface area contributed by atoms with E-state index in [1.54, 1.807) is 21.6 Å². The molecule has 2 aromatic rings. The molecule has 2 rings (SSSR count). The Morgan fingerprint density at radius 2 is 1.85 bits per heavy atom. The second-order valence-corrected chi connectivity index (χ2v) is 6.90. The molecule has 0 unspecified atom stereocenters. The fourth-order valence-electron chi connectivity index (χ4n) is 2.06. The Labute approximate surface area is 123 Å². The summed E-state index contributed by atoms with van der Waals surface area (Å²) in [5, 5.41) is 8.52. The van der Waals surface area contributed by atoms with E-state index in [9.17, 15) is 8.42 Å². The molecule has 0 aliphatic carbocycles. The van der Waals surface area contributed by atoms with Gasteiger partial charge in [-0.15, -0.1) is 0 Å². The number of sulfone groups is 1. The van der Waals surface area contributed by atoms with E-state index < -0.39 is 9.84 Å². The second kappa shape index (κ2) is 5.97. The summed E-state index contributed by atoms with van der Waals surface area (Å²) >= 11 is 6.00. The fraction of sp³-hybridized carbons (Fsp3) is 0.500. The molecule has 2 heterocycles. The number of aromatic nitrogens is 4. The molecule has 8 heteroatoms. The highest BCUT2D eigenvalue weighted by Gasteiger charge is 2.20. The first-order valence-electron chi connectivity index (χ1n) is 6.38. The van der Waals surface area contributed by atoms with Gasteiger partial charge in [-0.2, -0.15) is 10.2 Å². The Balaban J connectivity index is 2.21. The first-order valence-corrected chi connectivity index (χ1v) is 8.58. The molecule has 0 spiro atoms. The third-order valence-electron chi connectivity index (χ3n) is 3.03. The summed E-state index contributed by atoms with van der Waals surface area (Å²) < 4.78 is 27.9. The largest absolute Gasteiger partial charge is 0.269 e. The second-order valence-electron chi connectivity index (χ2n) is 4.43. The lowest BCUT2D eigenvalue weighted by molar-refractivity contribution is 0.578. The topological polar surface area (TPSA) is 69.8 Å². The van der Waals surface area contributed by atoms with Gasteiger partial charge in [-0.1, -0.05) is 11.6 Å². The lowest BCUT2D eigenvalue weighted by Crippen LogP contribution is -2.15. The van der Waals surface area contributed by atoms with E-state index in [-0.39, 0.29) is 11.5 Å².